The first-order valence-electron chi connectivity index (χ1n) is 15.9. The number of fused-ring (bicyclic) bond motifs is 1. The topological polar surface area (TPSA) is 90.9 Å². The molecule has 0 spiro atoms. The molecule has 7 nitrogen and oxygen atoms in total. The highest BCUT2D eigenvalue weighted by atomic mass is 19.1. The summed E-state index contributed by atoms with van der Waals surface area (Å²) in [6.07, 6.45) is 3.35. The molecule has 0 radical (unpaired) electrons. The molecule has 1 aliphatic carbocycles. The van der Waals surface area contributed by atoms with Gasteiger partial charge in [-0.15, -0.1) is 0 Å². The Morgan fingerprint density at radius 3 is 2.36 bits per heavy atom. The third kappa shape index (κ3) is 9.11. The predicted molar refractivity (Wildman–Crippen MR) is 172 cm³/mol. The number of ether oxygens (including phenoxy) is 1. The van der Waals surface area contributed by atoms with Crippen LogP contribution in [0, 0.1) is 18.6 Å². The number of aryl methyl sites for hydroxylation is 2. The molecule has 1 aliphatic rings. The summed E-state index contributed by atoms with van der Waals surface area (Å²) in [7, 11) is 1.62. The molecule has 3 N–H and O–H groups in total. The number of amides is 2. The highest BCUT2D eigenvalue weighted by Crippen LogP contribution is 2.32. The molecule has 3 aromatic rings. The van der Waals surface area contributed by atoms with Gasteiger partial charge in [-0.2, -0.15) is 0 Å². The van der Waals surface area contributed by atoms with Gasteiger partial charge in [0.2, 0.25) is 0 Å². The van der Waals surface area contributed by atoms with Crippen LogP contribution in [-0.4, -0.2) is 60.7 Å². The summed E-state index contributed by atoms with van der Waals surface area (Å²) in [4.78, 5) is 28.7. The van der Waals surface area contributed by atoms with Gasteiger partial charge >= 0.3 is 0 Å². The average Bonchev–Trinajstić information content (AvgIpc) is 3.01. The Balaban J connectivity index is 1.56. The summed E-state index contributed by atoms with van der Waals surface area (Å²) in [5.74, 6) is -1.34. The van der Waals surface area contributed by atoms with Crippen LogP contribution in [-0.2, 0) is 12.8 Å². The smallest absolute Gasteiger partial charge is 0.253 e. The molecule has 0 bridgehead atoms. The third-order valence-corrected chi connectivity index (χ3v) is 8.26. The first kappa shape index (κ1) is 34.1. The maximum atomic E-state index is 14.1. The fourth-order valence-electron chi connectivity index (χ4n) is 6.11. The number of carbonyl (C=O) groups excluding carboxylic acids is 2. The van der Waals surface area contributed by atoms with Crippen LogP contribution in [0.5, 0.6) is 5.75 Å². The molecule has 3 atom stereocenters. The van der Waals surface area contributed by atoms with Crippen molar-refractivity contribution < 1.29 is 28.2 Å². The van der Waals surface area contributed by atoms with Crippen molar-refractivity contribution in [2.75, 3.05) is 26.7 Å². The number of aliphatic hydroxyl groups excluding tert-OH is 1. The summed E-state index contributed by atoms with van der Waals surface area (Å²) in [6.45, 7) is 7.21. The van der Waals surface area contributed by atoms with Gasteiger partial charge in [-0.25, -0.2) is 8.78 Å². The van der Waals surface area contributed by atoms with Crippen molar-refractivity contribution in [2.45, 2.75) is 77.5 Å². The number of hydrogen-bond acceptors (Lipinski definition) is 5. The molecule has 4 rings (SSSR count). The fraction of sp³-hybridized carbons (Fsp3) is 0.444. The van der Waals surface area contributed by atoms with Crippen LogP contribution < -0.4 is 15.4 Å². The number of nitrogens with zero attached hydrogens (tertiary/aromatic N) is 1. The zero-order valence-corrected chi connectivity index (χ0v) is 26.7. The predicted octanol–water partition coefficient (Wildman–Crippen LogP) is 5.91. The molecule has 1 unspecified atom stereocenters. The van der Waals surface area contributed by atoms with Gasteiger partial charge in [0.25, 0.3) is 11.8 Å². The number of benzene rings is 3. The molecular formula is C36H45F2N3O4. The van der Waals surface area contributed by atoms with Gasteiger partial charge in [0.15, 0.2) is 0 Å². The molecule has 3 aromatic carbocycles. The molecule has 9 heteroatoms. The highest BCUT2D eigenvalue weighted by Gasteiger charge is 2.27. The second-order valence-corrected chi connectivity index (χ2v) is 11.9. The van der Waals surface area contributed by atoms with E-state index in [1.165, 1.54) is 17.7 Å². The monoisotopic (exact) mass is 621 g/mol. The van der Waals surface area contributed by atoms with Crippen LogP contribution in [0.25, 0.3) is 0 Å². The number of carbonyl (C=O) groups is 2. The van der Waals surface area contributed by atoms with E-state index in [1.54, 1.807) is 30.2 Å². The van der Waals surface area contributed by atoms with Gasteiger partial charge in [-0.3, -0.25) is 9.59 Å². The van der Waals surface area contributed by atoms with E-state index in [2.05, 4.69) is 16.7 Å². The standard InChI is InChI=1S/C36H45F2N3O4/c1-5-12-41(13-6-2)36(44)27-15-23(3)14-26(19-27)35(43)40-33(18-24-16-28(37)20-29(38)17-24)34(42)22-39-32-9-7-8-25-10-11-30(45-4)21-31(25)32/h10-11,14-17,19-21,32-34,39,42H,5-9,12-13,18,22H2,1-4H3,(H,40,43)/t32?,33-,34+/m1/s1. The van der Waals surface area contributed by atoms with Crippen molar-refractivity contribution in [3.8, 4) is 5.75 Å². The second-order valence-electron chi connectivity index (χ2n) is 11.9. The molecule has 0 heterocycles. The van der Waals surface area contributed by atoms with Crippen molar-refractivity contribution in [3.05, 3.63) is 99.6 Å². The summed E-state index contributed by atoms with van der Waals surface area (Å²) in [6, 6.07) is 13.3. The zero-order valence-electron chi connectivity index (χ0n) is 26.7. The number of halogens is 2. The number of nitrogens with one attached hydrogen (secondary N) is 2. The Morgan fingerprint density at radius 2 is 1.69 bits per heavy atom. The lowest BCUT2D eigenvalue weighted by Gasteiger charge is -2.30. The van der Waals surface area contributed by atoms with Gasteiger partial charge in [0.05, 0.1) is 19.3 Å². The van der Waals surface area contributed by atoms with Crippen molar-refractivity contribution in [1.82, 2.24) is 15.5 Å². The number of methoxy groups -OCH3 is 1. The quantitative estimate of drug-likeness (QED) is 0.208. The normalized spacial score (nSPS) is 15.6. The SMILES string of the molecule is CCCN(CCC)C(=O)c1cc(C)cc(C(=O)N[C@H](Cc2cc(F)cc(F)c2)[C@@H](O)CNC2CCCc3ccc(OC)cc32)c1. The van der Waals surface area contributed by atoms with Gasteiger partial charge in [0, 0.05) is 42.9 Å². The molecular weight excluding hydrogens is 576 g/mol. The van der Waals surface area contributed by atoms with Crippen molar-refractivity contribution in [1.29, 1.82) is 0 Å². The average molecular weight is 622 g/mol. The van der Waals surface area contributed by atoms with E-state index in [0.29, 0.717) is 24.2 Å². The lowest BCUT2D eigenvalue weighted by Crippen LogP contribution is -2.49. The molecule has 0 saturated carbocycles. The molecule has 0 aliphatic heterocycles. The van der Waals surface area contributed by atoms with Crippen molar-refractivity contribution in [3.63, 3.8) is 0 Å². The molecule has 45 heavy (non-hydrogen) atoms. The van der Waals surface area contributed by atoms with E-state index in [-0.39, 0.29) is 30.5 Å². The summed E-state index contributed by atoms with van der Waals surface area (Å²) < 4.78 is 33.6. The summed E-state index contributed by atoms with van der Waals surface area (Å²) >= 11 is 0. The largest absolute Gasteiger partial charge is 0.497 e. The minimum absolute atomic E-state index is 0.00325. The third-order valence-electron chi connectivity index (χ3n) is 8.26. The van der Waals surface area contributed by atoms with Crippen molar-refractivity contribution >= 4 is 11.8 Å². The van der Waals surface area contributed by atoms with Crippen LogP contribution in [0.3, 0.4) is 0 Å². The van der Waals surface area contributed by atoms with E-state index >= 15 is 0 Å². The molecule has 2 amide bonds. The summed E-state index contributed by atoms with van der Waals surface area (Å²) in [5, 5.41) is 17.8. The summed E-state index contributed by atoms with van der Waals surface area (Å²) in [5.41, 5.74) is 4.07. The Hall–Kier alpha value is -3.82. The molecule has 0 fully saturated rings. The zero-order chi connectivity index (χ0) is 32.5. The van der Waals surface area contributed by atoms with E-state index in [0.717, 1.165) is 55.0 Å². The minimum Gasteiger partial charge on any atom is -0.497 e. The number of rotatable bonds is 14. The number of aliphatic hydroxyl groups is 1. The molecule has 0 aromatic heterocycles. The van der Waals surface area contributed by atoms with Crippen LogP contribution >= 0.6 is 0 Å². The van der Waals surface area contributed by atoms with E-state index < -0.39 is 29.7 Å². The van der Waals surface area contributed by atoms with Gasteiger partial charge in [0.1, 0.15) is 17.4 Å². The highest BCUT2D eigenvalue weighted by molar-refractivity contribution is 6.00. The van der Waals surface area contributed by atoms with Crippen LogP contribution in [0.1, 0.15) is 88.5 Å². The van der Waals surface area contributed by atoms with E-state index in [9.17, 15) is 23.5 Å². The van der Waals surface area contributed by atoms with Gasteiger partial charge < -0.3 is 25.4 Å². The van der Waals surface area contributed by atoms with Crippen LogP contribution in [0.15, 0.2) is 54.6 Å². The Labute approximate surface area is 265 Å². The van der Waals surface area contributed by atoms with Crippen molar-refractivity contribution in [2.24, 2.45) is 0 Å². The first-order chi connectivity index (χ1) is 21.6. The van der Waals surface area contributed by atoms with E-state index in [1.807, 2.05) is 32.9 Å². The number of hydrogen-bond donors (Lipinski definition) is 3. The second kappa shape index (κ2) is 16.0. The van der Waals surface area contributed by atoms with Crippen LogP contribution in [0.2, 0.25) is 0 Å². The fourth-order valence-corrected chi connectivity index (χ4v) is 6.11. The van der Waals surface area contributed by atoms with Crippen LogP contribution in [0.4, 0.5) is 8.78 Å². The first-order valence-corrected chi connectivity index (χ1v) is 15.9. The van der Waals surface area contributed by atoms with Gasteiger partial charge in [-0.1, -0.05) is 19.9 Å². The maximum Gasteiger partial charge on any atom is 0.253 e. The Bertz CT molecular complexity index is 1450. The molecule has 242 valence electrons. The Morgan fingerprint density at radius 1 is 1.00 bits per heavy atom. The minimum atomic E-state index is -1.09. The maximum absolute atomic E-state index is 14.1. The lowest BCUT2D eigenvalue weighted by molar-refractivity contribution is 0.0755. The molecule has 0 saturated heterocycles. The Kier molecular flexibility index (Phi) is 12.1. The van der Waals surface area contributed by atoms with E-state index in [4.69, 9.17) is 4.74 Å². The van der Waals surface area contributed by atoms with Gasteiger partial charge in [-0.05, 0) is 110 Å². The lowest BCUT2D eigenvalue weighted by atomic mass is 9.87.